The molecule has 0 aliphatic carbocycles. The summed E-state index contributed by atoms with van der Waals surface area (Å²) < 4.78 is 17.0. The fraction of sp³-hybridized carbons (Fsp3) is 0.961. The van der Waals surface area contributed by atoms with E-state index in [0.717, 1.165) is 57.8 Å². The van der Waals surface area contributed by atoms with Crippen LogP contribution in [0.4, 0.5) is 0 Å². The maximum atomic E-state index is 13.0. The van der Waals surface area contributed by atoms with E-state index >= 15 is 0 Å². The van der Waals surface area contributed by atoms with E-state index < -0.39 is 6.10 Å². The number of unbranched alkanes of at least 4 members (excludes halogenated alkanes) is 62. The fourth-order valence-corrected chi connectivity index (χ4v) is 12.3. The van der Waals surface area contributed by atoms with Crippen LogP contribution in [0.2, 0.25) is 0 Å². The van der Waals surface area contributed by atoms with Gasteiger partial charge in [0.25, 0.3) is 0 Å². The molecule has 0 heterocycles. The number of carbonyl (C=O) groups is 3. The number of hydrogen-bond acceptors (Lipinski definition) is 6. The number of rotatable bonds is 73. The van der Waals surface area contributed by atoms with Crippen LogP contribution < -0.4 is 0 Å². The predicted molar refractivity (Wildman–Crippen MR) is 363 cm³/mol. The minimum atomic E-state index is -0.764. The van der Waals surface area contributed by atoms with E-state index in [9.17, 15) is 14.4 Å². The third kappa shape index (κ3) is 71.1. The molecular weight excluding hydrogens is 1020 g/mol. The van der Waals surface area contributed by atoms with E-state index in [2.05, 4.69) is 20.8 Å². The molecule has 1 atom stereocenters. The molecule has 0 amide bonds. The zero-order valence-corrected chi connectivity index (χ0v) is 57.0. The second-order valence-electron chi connectivity index (χ2n) is 26.6. The highest BCUT2D eigenvalue weighted by molar-refractivity contribution is 5.71. The van der Waals surface area contributed by atoms with Crippen molar-refractivity contribution < 1.29 is 28.6 Å². The molecule has 0 aliphatic rings. The van der Waals surface area contributed by atoms with Gasteiger partial charge in [0.1, 0.15) is 13.2 Å². The van der Waals surface area contributed by atoms with Crippen molar-refractivity contribution in [1.82, 2.24) is 0 Å². The van der Waals surface area contributed by atoms with Gasteiger partial charge in [0.2, 0.25) is 0 Å². The maximum absolute atomic E-state index is 13.0. The number of ether oxygens (including phenoxy) is 3. The van der Waals surface area contributed by atoms with Gasteiger partial charge in [-0.25, -0.2) is 0 Å². The Balaban J connectivity index is 4.08. The maximum Gasteiger partial charge on any atom is 0.306 e. The number of carbonyl (C=O) groups excluding carboxylic acids is 3. The molecule has 0 saturated carbocycles. The summed E-state index contributed by atoms with van der Waals surface area (Å²) in [5.41, 5.74) is 0. The first-order chi connectivity index (χ1) is 41.0. The Kier molecular flexibility index (Phi) is 71.5. The molecule has 0 aromatic carbocycles. The average molecular weight is 1170 g/mol. The van der Waals surface area contributed by atoms with Crippen LogP contribution in [0.25, 0.3) is 0 Å². The quantitative estimate of drug-likeness (QED) is 0.0343. The summed E-state index contributed by atoms with van der Waals surface area (Å²) in [6, 6.07) is 0. The van der Waals surface area contributed by atoms with E-state index in [1.54, 1.807) is 0 Å². The van der Waals surface area contributed by atoms with E-state index in [0.29, 0.717) is 19.3 Å². The lowest BCUT2D eigenvalue weighted by atomic mass is 10.0. The molecule has 83 heavy (non-hydrogen) atoms. The van der Waals surface area contributed by atoms with Crippen molar-refractivity contribution in [2.45, 2.75) is 463 Å². The first-order valence-electron chi connectivity index (χ1n) is 38.5. The lowest BCUT2D eigenvalue weighted by Crippen LogP contribution is -2.30. The van der Waals surface area contributed by atoms with Crippen LogP contribution in [-0.4, -0.2) is 37.2 Å². The zero-order chi connectivity index (χ0) is 59.9. The normalized spacial score (nSPS) is 11.9. The Labute approximate surface area is 520 Å². The zero-order valence-electron chi connectivity index (χ0n) is 57.0. The molecule has 0 fully saturated rings. The Morgan fingerprint density at radius 2 is 0.325 bits per heavy atom. The first kappa shape index (κ1) is 81.4. The minimum Gasteiger partial charge on any atom is -0.462 e. The van der Waals surface area contributed by atoms with E-state index in [4.69, 9.17) is 14.2 Å². The largest absolute Gasteiger partial charge is 0.462 e. The summed E-state index contributed by atoms with van der Waals surface area (Å²) in [4.78, 5) is 38.5. The van der Waals surface area contributed by atoms with Crippen LogP contribution >= 0.6 is 0 Å². The van der Waals surface area contributed by atoms with Crippen molar-refractivity contribution in [3.05, 3.63) is 0 Å². The lowest BCUT2D eigenvalue weighted by Gasteiger charge is -2.18. The summed E-state index contributed by atoms with van der Waals surface area (Å²) in [7, 11) is 0. The van der Waals surface area contributed by atoms with Gasteiger partial charge in [-0.05, 0) is 19.3 Å². The highest BCUT2D eigenvalue weighted by Gasteiger charge is 2.20. The minimum absolute atomic E-state index is 0.0600. The molecule has 0 saturated heterocycles. The first-order valence-corrected chi connectivity index (χ1v) is 38.5. The van der Waals surface area contributed by atoms with Gasteiger partial charge in [0.15, 0.2) is 6.10 Å². The molecule has 0 aromatic rings. The molecule has 0 aromatic heterocycles. The van der Waals surface area contributed by atoms with Crippen molar-refractivity contribution in [1.29, 1.82) is 0 Å². The van der Waals surface area contributed by atoms with Gasteiger partial charge in [0, 0.05) is 19.3 Å². The van der Waals surface area contributed by atoms with Crippen molar-refractivity contribution in [2.24, 2.45) is 0 Å². The molecule has 0 rings (SSSR count). The van der Waals surface area contributed by atoms with Crippen LogP contribution in [0.3, 0.4) is 0 Å². The summed E-state index contributed by atoms with van der Waals surface area (Å²) in [6.45, 7) is 6.75. The Morgan fingerprint density at radius 1 is 0.193 bits per heavy atom. The Morgan fingerprint density at radius 3 is 0.482 bits per heavy atom. The van der Waals surface area contributed by atoms with Gasteiger partial charge in [-0.1, -0.05) is 419 Å². The van der Waals surface area contributed by atoms with Gasteiger partial charge < -0.3 is 14.2 Å². The monoisotopic (exact) mass is 1170 g/mol. The van der Waals surface area contributed by atoms with Crippen molar-refractivity contribution >= 4 is 17.9 Å². The van der Waals surface area contributed by atoms with Crippen molar-refractivity contribution in [3.63, 3.8) is 0 Å². The van der Waals surface area contributed by atoms with E-state index in [-0.39, 0.29) is 31.1 Å². The van der Waals surface area contributed by atoms with Gasteiger partial charge in [-0.15, -0.1) is 0 Å². The molecule has 6 heteroatoms. The summed E-state index contributed by atoms with van der Waals surface area (Å²) in [5.74, 6) is -0.817. The van der Waals surface area contributed by atoms with Gasteiger partial charge in [-0.3, -0.25) is 14.4 Å². The van der Waals surface area contributed by atoms with Crippen molar-refractivity contribution in [2.75, 3.05) is 13.2 Å². The van der Waals surface area contributed by atoms with E-state index in [1.165, 1.54) is 360 Å². The van der Waals surface area contributed by atoms with Crippen molar-refractivity contribution in [3.8, 4) is 0 Å². The van der Waals surface area contributed by atoms with Crippen LogP contribution in [0, 0.1) is 0 Å². The standard InChI is InChI=1S/C77H150O6/c1-4-7-10-13-16-19-22-25-28-30-31-32-33-34-35-36-37-38-39-40-41-42-43-44-45-47-49-52-55-58-61-64-67-70-76(79)82-73-74(72-81-75(78)69-66-63-60-57-54-51-48-27-24-21-18-15-12-9-6-3)83-77(80)71-68-65-62-59-56-53-50-46-29-26-23-20-17-14-11-8-5-2/h74H,4-73H2,1-3H3. The third-order valence-electron chi connectivity index (χ3n) is 18.1. The highest BCUT2D eigenvalue weighted by atomic mass is 16.6. The smallest absolute Gasteiger partial charge is 0.306 e. The summed E-state index contributed by atoms with van der Waals surface area (Å²) in [6.07, 6.45) is 87.4. The summed E-state index contributed by atoms with van der Waals surface area (Å²) >= 11 is 0. The Hall–Kier alpha value is -1.59. The fourth-order valence-electron chi connectivity index (χ4n) is 12.3. The second-order valence-corrected chi connectivity index (χ2v) is 26.6. The molecule has 0 radical (unpaired) electrons. The summed E-state index contributed by atoms with van der Waals surface area (Å²) in [5, 5.41) is 0. The number of hydrogen-bond donors (Lipinski definition) is 0. The topological polar surface area (TPSA) is 78.9 Å². The highest BCUT2D eigenvalue weighted by Crippen LogP contribution is 2.20. The van der Waals surface area contributed by atoms with Crippen LogP contribution in [0.5, 0.6) is 0 Å². The SMILES string of the molecule is CCCCCCCCCCCCCCCCCCCCCCCCCCCCCCCCCCCC(=O)OCC(COC(=O)CCCCCCCCCCCCCCCCC)OC(=O)CCCCCCCCCCCCCCCCCCC. The molecule has 6 nitrogen and oxygen atoms in total. The van der Waals surface area contributed by atoms with Gasteiger partial charge >= 0.3 is 17.9 Å². The van der Waals surface area contributed by atoms with Gasteiger partial charge in [-0.2, -0.15) is 0 Å². The third-order valence-corrected chi connectivity index (χ3v) is 18.1. The second kappa shape index (κ2) is 72.9. The molecule has 0 N–H and O–H groups in total. The van der Waals surface area contributed by atoms with Crippen LogP contribution in [-0.2, 0) is 28.6 Å². The molecule has 0 aliphatic heterocycles. The van der Waals surface area contributed by atoms with Crippen LogP contribution in [0.15, 0.2) is 0 Å². The molecule has 1 unspecified atom stereocenters. The number of esters is 3. The average Bonchev–Trinajstić information content (AvgIpc) is 3.49. The molecule has 0 bridgehead atoms. The Bertz CT molecular complexity index is 1250. The predicted octanol–water partition coefficient (Wildman–Crippen LogP) is 26.6. The van der Waals surface area contributed by atoms with E-state index in [1.807, 2.05) is 0 Å². The molecular formula is C77H150O6. The van der Waals surface area contributed by atoms with Gasteiger partial charge in [0.05, 0.1) is 0 Å². The molecule has 0 spiro atoms. The van der Waals surface area contributed by atoms with Crippen LogP contribution in [0.1, 0.15) is 457 Å². The lowest BCUT2D eigenvalue weighted by molar-refractivity contribution is -0.167. The molecule has 494 valence electrons.